The van der Waals surface area contributed by atoms with Crippen LogP contribution in [-0.2, 0) is 0 Å². The second-order valence-corrected chi connectivity index (χ2v) is 4.44. The van der Waals surface area contributed by atoms with E-state index in [2.05, 4.69) is 15.6 Å². The van der Waals surface area contributed by atoms with Crippen molar-refractivity contribution in [2.75, 3.05) is 26.2 Å². The van der Waals surface area contributed by atoms with Crippen molar-refractivity contribution < 1.29 is 4.79 Å². The van der Waals surface area contributed by atoms with Gasteiger partial charge in [0.15, 0.2) is 0 Å². The minimum absolute atomic E-state index is 0. The van der Waals surface area contributed by atoms with E-state index in [9.17, 15) is 4.79 Å². The first-order valence-corrected chi connectivity index (χ1v) is 6.31. The minimum Gasteiger partial charge on any atom is -0.336 e. The standard InChI is InChI=1S/C13H15N5O.ClH/c19-13(17-7-4-14-5-8-17)11-2-1-3-12(10-11)18-9-6-15-16-18;/h1-3,6,9-10,14H,4-5,7-8H2;1H. The number of hydrogen-bond donors (Lipinski definition) is 1. The van der Waals surface area contributed by atoms with E-state index in [0.29, 0.717) is 5.56 Å². The normalized spacial score (nSPS) is 14.7. The second kappa shape index (κ2) is 6.49. The van der Waals surface area contributed by atoms with Gasteiger partial charge in [-0.2, -0.15) is 0 Å². The second-order valence-electron chi connectivity index (χ2n) is 4.44. The predicted octanol–water partition coefficient (Wildman–Crippen LogP) is 0.734. The SMILES string of the molecule is Cl.O=C(c1cccc(-n2ccnn2)c1)N1CCNCC1. The topological polar surface area (TPSA) is 63.1 Å². The molecule has 7 heteroatoms. The molecule has 106 valence electrons. The van der Waals surface area contributed by atoms with Gasteiger partial charge < -0.3 is 10.2 Å². The lowest BCUT2D eigenvalue weighted by Crippen LogP contribution is -2.46. The fraction of sp³-hybridized carbons (Fsp3) is 0.308. The van der Waals surface area contributed by atoms with Crippen molar-refractivity contribution in [3.05, 3.63) is 42.2 Å². The third kappa shape index (κ3) is 2.97. The summed E-state index contributed by atoms with van der Waals surface area (Å²) in [6.45, 7) is 3.22. The van der Waals surface area contributed by atoms with Gasteiger partial charge in [-0.1, -0.05) is 11.3 Å². The molecule has 1 aliphatic rings. The van der Waals surface area contributed by atoms with Gasteiger partial charge in [-0.15, -0.1) is 17.5 Å². The molecule has 20 heavy (non-hydrogen) atoms. The van der Waals surface area contributed by atoms with Gasteiger partial charge >= 0.3 is 0 Å². The Labute approximate surface area is 123 Å². The Hall–Kier alpha value is -1.92. The molecule has 0 radical (unpaired) electrons. The molecule has 1 amide bonds. The lowest BCUT2D eigenvalue weighted by molar-refractivity contribution is 0.0736. The molecular weight excluding hydrogens is 278 g/mol. The molecule has 3 rings (SSSR count). The number of benzene rings is 1. The molecule has 6 nitrogen and oxygen atoms in total. The van der Waals surface area contributed by atoms with Gasteiger partial charge in [-0.25, -0.2) is 4.68 Å². The van der Waals surface area contributed by atoms with Crippen molar-refractivity contribution in [3.8, 4) is 5.69 Å². The van der Waals surface area contributed by atoms with Crippen LogP contribution in [0.5, 0.6) is 0 Å². The molecule has 0 atom stereocenters. The van der Waals surface area contributed by atoms with E-state index in [1.807, 2.05) is 29.2 Å². The van der Waals surface area contributed by atoms with E-state index in [4.69, 9.17) is 0 Å². The Morgan fingerprint density at radius 1 is 1.25 bits per heavy atom. The van der Waals surface area contributed by atoms with E-state index in [1.165, 1.54) is 0 Å². The number of amides is 1. The zero-order valence-corrected chi connectivity index (χ0v) is 11.7. The van der Waals surface area contributed by atoms with Crippen LogP contribution in [0.25, 0.3) is 5.69 Å². The Bertz CT molecular complexity index is 566. The Morgan fingerprint density at radius 2 is 2.05 bits per heavy atom. The molecule has 1 aromatic carbocycles. The summed E-state index contributed by atoms with van der Waals surface area (Å²) >= 11 is 0. The fourth-order valence-corrected chi connectivity index (χ4v) is 2.18. The maximum absolute atomic E-state index is 12.4. The van der Waals surface area contributed by atoms with Crippen molar-refractivity contribution in [2.24, 2.45) is 0 Å². The van der Waals surface area contributed by atoms with E-state index in [0.717, 1.165) is 31.9 Å². The molecule has 2 heterocycles. The van der Waals surface area contributed by atoms with Crippen LogP contribution in [0.4, 0.5) is 0 Å². The third-order valence-corrected chi connectivity index (χ3v) is 3.18. The number of piperazine rings is 1. The summed E-state index contributed by atoms with van der Waals surface area (Å²) in [6.07, 6.45) is 3.37. The summed E-state index contributed by atoms with van der Waals surface area (Å²) in [7, 11) is 0. The highest BCUT2D eigenvalue weighted by Crippen LogP contribution is 2.12. The monoisotopic (exact) mass is 293 g/mol. The first kappa shape index (κ1) is 14.5. The lowest BCUT2D eigenvalue weighted by atomic mass is 10.1. The highest BCUT2D eigenvalue weighted by molar-refractivity contribution is 5.94. The van der Waals surface area contributed by atoms with E-state index >= 15 is 0 Å². The summed E-state index contributed by atoms with van der Waals surface area (Å²) in [5.74, 6) is 0.0727. The zero-order chi connectivity index (χ0) is 13.1. The van der Waals surface area contributed by atoms with Crippen molar-refractivity contribution in [2.45, 2.75) is 0 Å². The quantitative estimate of drug-likeness (QED) is 0.887. The maximum Gasteiger partial charge on any atom is 0.254 e. The van der Waals surface area contributed by atoms with Crippen LogP contribution in [0.1, 0.15) is 10.4 Å². The molecule has 0 bridgehead atoms. The van der Waals surface area contributed by atoms with E-state index < -0.39 is 0 Å². The smallest absolute Gasteiger partial charge is 0.254 e. The molecule has 1 aliphatic heterocycles. The van der Waals surface area contributed by atoms with E-state index in [-0.39, 0.29) is 18.3 Å². The summed E-state index contributed by atoms with van der Waals surface area (Å²) in [5.41, 5.74) is 1.54. The van der Waals surface area contributed by atoms with Gasteiger partial charge in [-0.05, 0) is 18.2 Å². The Kier molecular flexibility index (Phi) is 4.70. The fourth-order valence-electron chi connectivity index (χ4n) is 2.18. The molecule has 0 saturated carbocycles. The lowest BCUT2D eigenvalue weighted by Gasteiger charge is -2.27. The van der Waals surface area contributed by atoms with Crippen molar-refractivity contribution in [3.63, 3.8) is 0 Å². The third-order valence-electron chi connectivity index (χ3n) is 3.18. The Balaban J connectivity index is 0.00000147. The summed E-state index contributed by atoms with van der Waals surface area (Å²) in [5, 5.41) is 10.9. The highest BCUT2D eigenvalue weighted by atomic mass is 35.5. The van der Waals surface area contributed by atoms with Crippen molar-refractivity contribution >= 4 is 18.3 Å². The summed E-state index contributed by atoms with van der Waals surface area (Å²) in [4.78, 5) is 14.2. The summed E-state index contributed by atoms with van der Waals surface area (Å²) < 4.78 is 1.65. The molecule has 1 N–H and O–H groups in total. The van der Waals surface area contributed by atoms with Crippen LogP contribution in [-0.4, -0.2) is 52.0 Å². The van der Waals surface area contributed by atoms with Crippen LogP contribution in [0.2, 0.25) is 0 Å². The maximum atomic E-state index is 12.4. The Morgan fingerprint density at radius 3 is 2.75 bits per heavy atom. The van der Waals surface area contributed by atoms with Gasteiger partial charge in [0, 0.05) is 31.7 Å². The number of aromatic nitrogens is 3. The molecule has 1 saturated heterocycles. The van der Waals surface area contributed by atoms with Crippen molar-refractivity contribution in [1.82, 2.24) is 25.2 Å². The first-order valence-electron chi connectivity index (χ1n) is 6.31. The summed E-state index contributed by atoms with van der Waals surface area (Å²) in [6, 6.07) is 7.46. The molecular formula is C13H16ClN5O. The van der Waals surface area contributed by atoms with Crippen LogP contribution in [0.15, 0.2) is 36.7 Å². The molecule has 0 spiro atoms. The minimum atomic E-state index is 0. The highest BCUT2D eigenvalue weighted by Gasteiger charge is 2.18. The van der Waals surface area contributed by atoms with Gasteiger partial charge in [-0.3, -0.25) is 4.79 Å². The predicted molar refractivity (Wildman–Crippen MR) is 77.4 cm³/mol. The number of halogens is 1. The number of rotatable bonds is 2. The van der Waals surface area contributed by atoms with Crippen LogP contribution in [0.3, 0.4) is 0 Å². The average Bonchev–Trinajstić information content (AvgIpc) is 3.02. The molecule has 1 aromatic heterocycles. The van der Waals surface area contributed by atoms with Crippen LogP contribution in [0, 0.1) is 0 Å². The molecule has 0 unspecified atom stereocenters. The van der Waals surface area contributed by atoms with Crippen LogP contribution >= 0.6 is 12.4 Å². The molecule has 0 aliphatic carbocycles. The van der Waals surface area contributed by atoms with Gasteiger partial charge in [0.25, 0.3) is 5.91 Å². The number of carbonyl (C=O) groups excluding carboxylic acids is 1. The van der Waals surface area contributed by atoms with Crippen molar-refractivity contribution in [1.29, 1.82) is 0 Å². The van der Waals surface area contributed by atoms with Gasteiger partial charge in [0.1, 0.15) is 0 Å². The number of carbonyl (C=O) groups is 1. The van der Waals surface area contributed by atoms with Gasteiger partial charge in [0.2, 0.25) is 0 Å². The van der Waals surface area contributed by atoms with E-state index in [1.54, 1.807) is 17.1 Å². The van der Waals surface area contributed by atoms with Crippen LogP contribution < -0.4 is 5.32 Å². The average molecular weight is 294 g/mol. The number of hydrogen-bond acceptors (Lipinski definition) is 4. The molecule has 2 aromatic rings. The number of nitrogens with one attached hydrogen (secondary N) is 1. The zero-order valence-electron chi connectivity index (χ0n) is 10.9. The molecule has 1 fully saturated rings. The van der Waals surface area contributed by atoms with Gasteiger partial charge in [0.05, 0.1) is 18.1 Å². The largest absolute Gasteiger partial charge is 0.336 e. The number of nitrogens with zero attached hydrogens (tertiary/aromatic N) is 4. The first-order chi connectivity index (χ1) is 9.34.